The van der Waals surface area contributed by atoms with Crippen molar-refractivity contribution in [1.29, 1.82) is 0 Å². The molecule has 5 rings (SSSR count). The van der Waals surface area contributed by atoms with E-state index >= 15 is 0 Å². The molecule has 2 heteroatoms. The van der Waals surface area contributed by atoms with Gasteiger partial charge in [0.15, 0.2) is 0 Å². The van der Waals surface area contributed by atoms with Crippen molar-refractivity contribution in [3.8, 4) is 0 Å². The topological polar surface area (TPSA) is 12.9 Å². The number of nitrogens with zero attached hydrogens (tertiary/aromatic N) is 1. The zero-order chi connectivity index (χ0) is 11.5. The van der Waals surface area contributed by atoms with Crippen molar-refractivity contribution in [2.75, 3.05) is 0 Å². The number of pyridine rings is 1. The smallest absolute Gasteiger partial charge is 0.0460 e. The third-order valence-corrected chi connectivity index (χ3v) is 5.72. The summed E-state index contributed by atoms with van der Waals surface area (Å²) in [5, 5.41) is 0. The summed E-state index contributed by atoms with van der Waals surface area (Å²) >= 11 is 6.85. The van der Waals surface area contributed by atoms with E-state index in [1.807, 2.05) is 12.4 Å². The van der Waals surface area contributed by atoms with Crippen molar-refractivity contribution in [3.05, 3.63) is 30.1 Å². The molecule has 90 valence electrons. The van der Waals surface area contributed by atoms with Crippen LogP contribution in [0.25, 0.3) is 0 Å². The summed E-state index contributed by atoms with van der Waals surface area (Å²) in [7, 11) is 0. The van der Waals surface area contributed by atoms with Gasteiger partial charge in [-0.2, -0.15) is 0 Å². The normalized spacial score (nSPS) is 47.4. The standard InChI is InChI=1S/C15H18ClN/c16-15-8-11-5-12(9-15)7-14(6-11,10-15)13-1-3-17-4-2-13/h1-4,11-12H,5-10H2. The number of hydrogen-bond acceptors (Lipinski definition) is 1. The van der Waals surface area contributed by atoms with Crippen molar-refractivity contribution in [2.45, 2.75) is 48.8 Å². The highest BCUT2D eigenvalue weighted by atomic mass is 35.5. The van der Waals surface area contributed by atoms with Crippen LogP contribution in [0.2, 0.25) is 0 Å². The molecule has 4 aliphatic carbocycles. The molecule has 0 aromatic carbocycles. The van der Waals surface area contributed by atoms with Crippen LogP contribution in [0.3, 0.4) is 0 Å². The number of rotatable bonds is 1. The second kappa shape index (κ2) is 3.26. The fourth-order valence-corrected chi connectivity index (χ4v) is 5.89. The molecule has 17 heavy (non-hydrogen) atoms. The molecule has 1 heterocycles. The summed E-state index contributed by atoms with van der Waals surface area (Å²) in [6, 6.07) is 4.43. The van der Waals surface area contributed by atoms with Crippen LogP contribution in [0.1, 0.15) is 44.1 Å². The lowest BCUT2D eigenvalue weighted by Gasteiger charge is -2.60. The maximum absolute atomic E-state index is 6.85. The number of halogens is 1. The lowest BCUT2D eigenvalue weighted by Crippen LogP contribution is -2.55. The Labute approximate surface area is 108 Å². The average molecular weight is 248 g/mol. The van der Waals surface area contributed by atoms with Gasteiger partial charge < -0.3 is 0 Å². The summed E-state index contributed by atoms with van der Waals surface area (Å²) < 4.78 is 0. The zero-order valence-electron chi connectivity index (χ0n) is 10.0. The monoisotopic (exact) mass is 247 g/mol. The van der Waals surface area contributed by atoms with Crippen molar-refractivity contribution in [1.82, 2.24) is 4.98 Å². The quantitative estimate of drug-likeness (QED) is 0.686. The van der Waals surface area contributed by atoms with Crippen LogP contribution in [-0.4, -0.2) is 9.86 Å². The lowest BCUT2D eigenvalue weighted by molar-refractivity contribution is 0.00895. The molecular formula is C15H18ClN. The first-order chi connectivity index (χ1) is 8.18. The van der Waals surface area contributed by atoms with E-state index in [0.717, 1.165) is 11.8 Å². The van der Waals surface area contributed by atoms with Crippen LogP contribution in [-0.2, 0) is 5.41 Å². The molecule has 0 saturated heterocycles. The van der Waals surface area contributed by atoms with Gasteiger partial charge in [-0.25, -0.2) is 0 Å². The number of aromatic nitrogens is 1. The van der Waals surface area contributed by atoms with Gasteiger partial charge in [0.2, 0.25) is 0 Å². The Bertz CT molecular complexity index is 427. The molecule has 1 aromatic heterocycles. The molecule has 0 spiro atoms. The summed E-state index contributed by atoms with van der Waals surface area (Å²) in [5.41, 5.74) is 1.88. The van der Waals surface area contributed by atoms with Gasteiger partial charge in [0.05, 0.1) is 0 Å². The van der Waals surface area contributed by atoms with E-state index in [2.05, 4.69) is 17.1 Å². The Hall–Kier alpha value is -0.560. The lowest BCUT2D eigenvalue weighted by atomic mass is 9.48. The number of alkyl halides is 1. The van der Waals surface area contributed by atoms with E-state index in [1.54, 1.807) is 0 Å². The van der Waals surface area contributed by atoms with E-state index in [0.29, 0.717) is 5.41 Å². The second-order valence-electron chi connectivity index (χ2n) is 6.63. The van der Waals surface area contributed by atoms with Crippen LogP contribution in [0.5, 0.6) is 0 Å². The van der Waals surface area contributed by atoms with Gasteiger partial charge in [-0.05, 0) is 73.5 Å². The predicted octanol–water partition coefficient (Wildman–Crippen LogP) is 3.91. The third-order valence-electron chi connectivity index (χ3n) is 5.28. The van der Waals surface area contributed by atoms with E-state index in [1.165, 1.54) is 44.1 Å². The molecule has 4 bridgehead atoms. The predicted molar refractivity (Wildman–Crippen MR) is 69.2 cm³/mol. The summed E-state index contributed by atoms with van der Waals surface area (Å²) in [6.07, 6.45) is 11.8. The Kier molecular flexibility index (Phi) is 1.99. The minimum absolute atomic E-state index is 0.118. The largest absolute Gasteiger partial charge is 0.265 e. The van der Waals surface area contributed by atoms with Crippen LogP contribution >= 0.6 is 11.6 Å². The fraction of sp³-hybridized carbons (Fsp3) is 0.667. The molecule has 1 nitrogen and oxygen atoms in total. The van der Waals surface area contributed by atoms with E-state index in [-0.39, 0.29) is 4.87 Å². The molecule has 0 N–H and O–H groups in total. The van der Waals surface area contributed by atoms with Crippen LogP contribution in [0.15, 0.2) is 24.5 Å². The van der Waals surface area contributed by atoms with Crippen LogP contribution < -0.4 is 0 Å². The zero-order valence-corrected chi connectivity index (χ0v) is 10.8. The Balaban J connectivity index is 1.79. The second-order valence-corrected chi connectivity index (χ2v) is 7.43. The van der Waals surface area contributed by atoms with Crippen LogP contribution in [0.4, 0.5) is 0 Å². The van der Waals surface area contributed by atoms with Gasteiger partial charge >= 0.3 is 0 Å². The van der Waals surface area contributed by atoms with Crippen molar-refractivity contribution in [3.63, 3.8) is 0 Å². The Morgan fingerprint density at radius 1 is 1.06 bits per heavy atom. The van der Waals surface area contributed by atoms with E-state index < -0.39 is 0 Å². The van der Waals surface area contributed by atoms with E-state index in [9.17, 15) is 0 Å². The van der Waals surface area contributed by atoms with Crippen LogP contribution in [0, 0.1) is 11.8 Å². The molecule has 1 aromatic rings. The molecule has 0 radical (unpaired) electrons. The first-order valence-corrected chi connectivity index (χ1v) is 7.15. The first kappa shape index (κ1) is 10.4. The summed E-state index contributed by atoms with van der Waals surface area (Å²) in [4.78, 5) is 4.28. The third kappa shape index (κ3) is 1.48. The van der Waals surface area contributed by atoms with Gasteiger partial charge in [-0.1, -0.05) is 0 Å². The molecular weight excluding hydrogens is 230 g/mol. The SMILES string of the molecule is ClC12CC3CC(C1)CC(c1ccncc1)(C3)C2. The average Bonchev–Trinajstić information content (AvgIpc) is 2.27. The van der Waals surface area contributed by atoms with Gasteiger partial charge in [0, 0.05) is 17.3 Å². The summed E-state index contributed by atoms with van der Waals surface area (Å²) in [5.74, 6) is 1.75. The van der Waals surface area contributed by atoms with Crippen molar-refractivity contribution in [2.24, 2.45) is 11.8 Å². The first-order valence-electron chi connectivity index (χ1n) is 6.77. The highest BCUT2D eigenvalue weighted by Gasteiger charge is 2.57. The van der Waals surface area contributed by atoms with Crippen molar-refractivity contribution >= 4 is 11.6 Å². The van der Waals surface area contributed by atoms with Crippen molar-refractivity contribution < 1.29 is 0 Å². The van der Waals surface area contributed by atoms with Gasteiger partial charge in [-0.15, -0.1) is 11.6 Å². The van der Waals surface area contributed by atoms with Gasteiger partial charge in [0.25, 0.3) is 0 Å². The maximum Gasteiger partial charge on any atom is 0.0460 e. The molecule has 4 aliphatic rings. The maximum atomic E-state index is 6.85. The highest BCUT2D eigenvalue weighted by molar-refractivity contribution is 6.24. The fourth-order valence-electron chi connectivity index (χ4n) is 5.19. The molecule has 2 atom stereocenters. The van der Waals surface area contributed by atoms with Gasteiger partial charge in [0.1, 0.15) is 0 Å². The molecule has 2 unspecified atom stereocenters. The van der Waals surface area contributed by atoms with Gasteiger partial charge in [-0.3, -0.25) is 4.98 Å². The minimum atomic E-state index is 0.118. The molecule has 0 aliphatic heterocycles. The molecule has 4 saturated carbocycles. The Morgan fingerprint density at radius 3 is 2.29 bits per heavy atom. The molecule has 0 amide bonds. The Morgan fingerprint density at radius 2 is 1.71 bits per heavy atom. The van der Waals surface area contributed by atoms with E-state index in [4.69, 9.17) is 11.6 Å². The summed E-state index contributed by atoms with van der Waals surface area (Å²) in [6.45, 7) is 0. The number of hydrogen-bond donors (Lipinski definition) is 0. The minimum Gasteiger partial charge on any atom is -0.265 e. The molecule has 4 fully saturated rings. The highest BCUT2D eigenvalue weighted by Crippen LogP contribution is 2.64.